The predicted octanol–water partition coefficient (Wildman–Crippen LogP) is 4.11. The lowest BCUT2D eigenvalue weighted by molar-refractivity contribution is -0.384. The fraction of sp³-hybridized carbons (Fsp3) is 0. The summed E-state index contributed by atoms with van der Waals surface area (Å²) >= 11 is 3.28. The molecule has 0 aliphatic carbocycles. The second kappa shape index (κ2) is 6.23. The van der Waals surface area contributed by atoms with Gasteiger partial charge in [0.1, 0.15) is 0 Å². The molecule has 8 heteroatoms. The summed E-state index contributed by atoms with van der Waals surface area (Å²) in [4.78, 5) is 25.7. The van der Waals surface area contributed by atoms with Gasteiger partial charge in [0.15, 0.2) is 0 Å². The monoisotopic (exact) mass is 352 g/mol. The smallest absolute Gasteiger partial charge is 0.448 e. The van der Waals surface area contributed by atoms with Crippen molar-refractivity contribution in [3.63, 3.8) is 0 Å². The van der Waals surface area contributed by atoms with Crippen LogP contribution in [0.5, 0.6) is 0 Å². The number of hydrogen-bond acceptors (Lipinski definition) is 5. The highest BCUT2D eigenvalue weighted by atomic mass is 79.9. The Morgan fingerprint density at radius 3 is 2.38 bits per heavy atom. The molecule has 0 unspecified atom stereocenters. The van der Waals surface area contributed by atoms with E-state index in [4.69, 9.17) is 9.94 Å². The van der Waals surface area contributed by atoms with Gasteiger partial charge in [-0.1, -0.05) is 22.0 Å². The fourth-order valence-corrected chi connectivity index (χ4v) is 2.03. The first-order valence-electron chi connectivity index (χ1n) is 5.68. The van der Waals surface area contributed by atoms with E-state index in [1.54, 1.807) is 24.3 Å². The summed E-state index contributed by atoms with van der Waals surface area (Å²) in [6.45, 7) is 0. The van der Waals surface area contributed by atoms with Crippen LogP contribution in [0.2, 0.25) is 0 Å². The van der Waals surface area contributed by atoms with Crippen molar-refractivity contribution in [2.45, 2.75) is 0 Å². The highest BCUT2D eigenvalue weighted by Gasteiger charge is 2.16. The van der Waals surface area contributed by atoms with Crippen molar-refractivity contribution in [1.82, 2.24) is 0 Å². The summed E-state index contributed by atoms with van der Waals surface area (Å²) in [5, 5.41) is 20.5. The van der Waals surface area contributed by atoms with Crippen LogP contribution >= 0.6 is 15.9 Å². The second-order valence-electron chi connectivity index (χ2n) is 3.90. The Kier molecular flexibility index (Phi) is 4.39. The van der Waals surface area contributed by atoms with Crippen molar-refractivity contribution in [3.05, 3.63) is 63.1 Å². The van der Waals surface area contributed by atoms with Gasteiger partial charge >= 0.3 is 6.16 Å². The van der Waals surface area contributed by atoms with Gasteiger partial charge in [-0.25, -0.2) is 4.79 Å². The number of benzene rings is 2. The summed E-state index contributed by atoms with van der Waals surface area (Å²) in [6, 6.07) is 12.1. The lowest BCUT2D eigenvalue weighted by Crippen LogP contribution is -2.21. The number of nitro benzene ring substituents is 1. The van der Waals surface area contributed by atoms with Gasteiger partial charge in [-0.3, -0.25) is 10.1 Å². The average molecular weight is 353 g/mol. The van der Waals surface area contributed by atoms with E-state index in [1.165, 1.54) is 24.3 Å². The molecule has 2 rings (SSSR count). The maximum absolute atomic E-state index is 10.8. The highest BCUT2D eigenvalue weighted by Crippen LogP contribution is 2.29. The fourth-order valence-electron chi connectivity index (χ4n) is 1.64. The van der Waals surface area contributed by atoms with Gasteiger partial charge < -0.3 is 9.94 Å². The van der Waals surface area contributed by atoms with Gasteiger partial charge in [-0.2, -0.15) is 5.06 Å². The molecule has 0 atom stereocenters. The van der Waals surface area contributed by atoms with Crippen LogP contribution < -0.4 is 5.06 Å². The van der Waals surface area contributed by atoms with Gasteiger partial charge in [0.25, 0.3) is 5.69 Å². The Morgan fingerprint density at radius 1 is 1.19 bits per heavy atom. The zero-order chi connectivity index (χ0) is 15.4. The number of anilines is 2. The van der Waals surface area contributed by atoms with Crippen LogP contribution in [-0.4, -0.2) is 16.2 Å². The van der Waals surface area contributed by atoms with Crippen LogP contribution in [0.3, 0.4) is 0 Å². The number of nitrogens with zero attached hydrogens (tertiary/aromatic N) is 2. The zero-order valence-electron chi connectivity index (χ0n) is 10.5. The summed E-state index contributed by atoms with van der Waals surface area (Å²) in [7, 11) is 0. The van der Waals surface area contributed by atoms with Crippen molar-refractivity contribution >= 4 is 39.1 Å². The van der Waals surface area contributed by atoms with Gasteiger partial charge in [0.05, 0.1) is 16.3 Å². The van der Waals surface area contributed by atoms with E-state index in [0.717, 1.165) is 9.54 Å². The van der Waals surface area contributed by atoms with Crippen LogP contribution in [0.4, 0.5) is 21.9 Å². The minimum Gasteiger partial charge on any atom is -0.448 e. The third-order valence-electron chi connectivity index (χ3n) is 2.51. The molecule has 0 saturated heterocycles. The molecule has 0 amide bonds. The molecule has 1 N–H and O–H groups in total. The summed E-state index contributed by atoms with van der Waals surface area (Å²) in [5.41, 5.74) is 0.713. The van der Waals surface area contributed by atoms with Crippen LogP contribution in [0.1, 0.15) is 0 Å². The molecular formula is C13H9BrN2O5. The first-order valence-corrected chi connectivity index (χ1v) is 6.48. The number of carbonyl (C=O) groups is 1. The molecule has 0 aromatic heterocycles. The quantitative estimate of drug-likeness (QED) is 0.657. The topological polar surface area (TPSA) is 92.9 Å². The minimum atomic E-state index is -1.49. The van der Waals surface area contributed by atoms with Gasteiger partial charge in [-0.15, -0.1) is 0 Å². The van der Waals surface area contributed by atoms with Crippen LogP contribution in [0.15, 0.2) is 53.0 Å². The third kappa shape index (κ3) is 3.69. The number of rotatable bonds is 4. The number of non-ortho nitro benzene ring substituents is 1. The predicted molar refractivity (Wildman–Crippen MR) is 78.5 cm³/mol. The van der Waals surface area contributed by atoms with E-state index in [0.29, 0.717) is 11.4 Å². The Hall–Kier alpha value is -2.61. The maximum Gasteiger partial charge on any atom is 0.531 e. The molecule has 0 saturated carbocycles. The first-order chi connectivity index (χ1) is 9.97. The standard InChI is InChI=1S/C13H9BrN2O5/c14-9-2-1-3-12(8-9)15(21-13(17)18)10-4-6-11(7-5-10)16(19)20/h1-8H,(H,17,18). The Labute approximate surface area is 127 Å². The maximum atomic E-state index is 10.8. The summed E-state index contributed by atoms with van der Waals surface area (Å²) in [5.74, 6) is 0. The van der Waals surface area contributed by atoms with Crippen molar-refractivity contribution in [2.24, 2.45) is 0 Å². The van der Waals surface area contributed by atoms with E-state index in [9.17, 15) is 14.9 Å². The number of nitro groups is 1. The van der Waals surface area contributed by atoms with Crippen molar-refractivity contribution < 1.29 is 19.7 Å². The molecule has 7 nitrogen and oxygen atoms in total. The molecule has 108 valence electrons. The lowest BCUT2D eigenvalue weighted by atomic mass is 10.2. The largest absolute Gasteiger partial charge is 0.531 e. The Balaban J connectivity index is 2.40. The molecule has 0 spiro atoms. The van der Waals surface area contributed by atoms with E-state index in [-0.39, 0.29) is 5.69 Å². The molecule has 0 aliphatic heterocycles. The third-order valence-corrected chi connectivity index (χ3v) is 3.00. The molecule has 0 bridgehead atoms. The molecule has 0 radical (unpaired) electrons. The van der Waals surface area contributed by atoms with Gasteiger partial charge in [0.2, 0.25) is 0 Å². The van der Waals surface area contributed by atoms with Gasteiger partial charge in [-0.05, 0) is 30.3 Å². The van der Waals surface area contributed by atoms with Crippen LogP contribution in [0.25, 0.3) is 0 Å². The molecule has 2 aromatic rings. The van der Waals surface area contributed by atoms with E-state index < -0.39 is 11.1 Å². The SMILES string of the molecule is O=C(O)ON(c1ccc([N+](=O)[O-])cc1)c1cccc(Br)c1. The van der Waals surface area contributed by atoms with Crippen LogP contribution in [-0.2, 0) is 4.84 Å². The minimum absolute atomic E-state index is 0.0942. The molecule has 2 aromatic carbocycles. The average Bonchev–Trinajstić information content (AvgIpc) is 2.44. The summed E-state index contributed by atoms with van der Waals surface area (Å²) < 4.78 is 0.737. The van der Waals surface area contributed by atoms with Crippen molar-refractivity contribution in [3.8, 4) is 0 Å². The molecule has 0 aliphatic rings. The number of carboxylic acid groups (broad SMARTS) is 1. The zero-order valence-corrected chi connectivity index (χ0v) is 12.1. The normalized spacial score (nSPS) is 9.95. The van der Waals surface area contributed by atoms with E-state index >= 15 is 0 Å². The van der Waals surface area contributed by atoms with Crippen LogP contribution in [0, 0.1) is 10.1 Å². The van der Waals surface area contributed by atoms with Crippen molar-refractivity contribution in [2.75, 3.05) is 5.06 Å². The molecule has 21 heavy (non-hydrogen) atoms. The first kappa shape index (κ1) is 14.8. The summed E-state index contributed by atoms with van der Waals surface area (Å²) in [6.07, 6.45) is -1.49. The molecule has 0 fully saturated rings. The Bertz CT molecular complexity index is 675. The Morgan fingerprint density at radius 2 is 1.86 bits per heavy atom. The van der Waals surface area contributed by atoms with Gasteiger partial charge in [0, 0.05) is 16.6 Å². The molecular weight excluding hydrogens is 344 g/mol. The van der Waals surface area contributed by atoms with E-state index in [2.05, 4.69) is 15.9 Å². The number of hydrogen-bond donors (Lipinski definition) is 1. The lowest BCUT2D eigenvalue weighted by Gasteiger charge is -2.21. The molecule has 0 heterocycles. The second-order valence-corrected chi connectivity index (χ2v) is 4.82. The number of halogens is 1. The highest BCUT2D eigenvalue weighted by molar-refractivity contribution is 9.10. The van der Waals surface area contributed by atoms with Crippen molar-refractivity contribution in [1.29, 1.82) is 0 Å². The van der Waals surface area contributed by atoms with E-state index in [1.807, 2.05) is 0 Å².